The molecule has 1 aromatic heterocycles. The zero-order valence-corrected chi connectivity index (χ0v) is 14.7. The molecule has 7 nitrogen and oxygen atoms in total. The van der Waals surface area contributed by atoms with Gasteiger partial charge in [0, 0.05) is 26.2 Å². The third-order valence-electron chi connectivity index (χ3n) is 4.61. The highest BCUT2D eigenvalue weighted by Crippen LogP contribution is 2.26. The molecule has 0 saturated carbocycles. The summed E-state index contributed by atoms with van der Waals surface area (Å²) in [7, 11) is 1.60. The van der Waals surface area contributed by atoms with Crippen LogP contribution in [0.5, 0.6) is 0 Å². The maximum Gasteiger partial charge on any atom is 0.420 e. The largest absolute Gasteiger partial charge is 0.420 e. The molecule has 136 valence electrons. The van der Waals surface area contributed by atoms with E-state index in [1.165, 1.54) is 0 Å². The highest BCUT2D eigenvalue weighted by molar-refractivity contribution is 5.77. The molecule has 2 heterocycles. The van der Waals surface area contributed by atoms with Crippen LogP contribution in [0.1, 0.15) is 24.4 Å². The van der Waals surface area contributed by atoms with Gasteiger partial charge in [-0.05, 0) is 37.5 Å². The molecule has 2 aromatic rings. The van der Waals surface area contributed by atoms with Gasteiger partial charge in [0.05, 0.1) is 18.7 Å². The fourth-order valence-electron chi connectivity index (χ4n) is 3.26. The van der Waals surface area contributed by atoms with E-state index in [4.69, 9.17) is 13.9 Å². The maximum absolute atomic E-state index is 12.3. The number of carbonyl (C=O) groups excluding carboxylic acids is 1. The summed E-state index contributed by atoms with van der Waals surface area (Å²) < 4.78 is 17.3. The summed E-state index contributed by atoms with van der Waals surface area (Å²) in [5.41, 5.74) is 2.50. The van der Waals surface area contributed by atoms with Crippen molar-refractivity contribution in [2.24, 2.45) is 0 Å². The number of hydrogen-bond donors (Lipinski definition) is 0. The predicted octanol–water partition coefficient (Wildman–Crippen LogP) is 1.73. The standard InChI is InChI=1S/C18H24N2O5/c1-13-3-4-15-16(11-13)25-18(22)20(15)14-5-7-19(8-6-14)17(21)12-24-10-9-23-2/h3-4,11,14H,5-10,12H2,1-2H3. The van der Waals surface area contributed by atoms with E-state index in [1.54, 1.807) is 16.6 Å². The van der Waals surface area contributed by atoms with Gasteiger partial charge < -0.3 is 18.8 Å². The summed E-state index contributed by atoms with van der Waals surface area (Å²) in [5, 5.41) is 0. The van der Waals surface area contributed by atoms with E-state index < -0.39 is 0 Å². The molecule has 7 heteroatoms. The first kappa shape index (κ1) is 17.7. The predicted molar refractivity (Wildman–Crippen MR) is 92.8 cm³/mol. The fourth-order valence-corrected chi connectivity index (χ4v) is 3.26. The number of amides is 1. The highest BCUT2D eigenvalue weighted by Gasteiger charge is 2.26. The molecule has 0 spiro atoms. The second kappa shape index (κ2) is 7.84. The van der Waals surface area contributed by atoms with Gasteiger partial charge in [-0.15, -0.1) is 0 Å². The van der Waals surface area contributed by atoms with Crippen LogP contribution < -0.4 is 5.76 Å². The molecule has 0 bridgehead atoms. The highest BCUT2D eigenvalue weighted by atomic mass is 16.5. The van der Waals surface area contributed by atoms with Crippen molar-refractivity contribution in [2.75, 3.05) is 40.0 Å². The number of methoxy groups -OCH3 is 1. The lowest BCUT2D eigenvalue weighted by atomic mass is 10.0. The van der Waals surface area contributed by atoms with Crippen molar-refractivity contribution in [3.63, 3.8) is 0 Å². The molecule has 1 saturated heterocycles. The summed E-state index contributed by atoms with van der Waals surface area (Å²) in [6.45, 7) is 4.15. The molecule has 3 rings (SSSR count). The van der Waals surface area contributed by atoms with Crippen molar-refractivity contribution < 1.29 is 18.7 Å². The summed E-state index contributed by atoms with van der Waals surface area (Å²) in [5.74, 6) is -0.345. The Balaban J connectivity index is 1.62. The number of nitrogens with zero attached hydrogens (tertiary/aromatic N) is 2. The van der Waals surface area contributed by atoms with E-state index in [0.29, 0.717) is 31.9 Å². The summed E-state index contributed by atoms with van der Waals surface area (Å²) in [6.07, 6.45) is 1.46. The topological polar surface area (TPSA) is 73.9 Å². The smallest absolute Gasteiger partial charge is 0.408 e. The zero-order valence-electron chi connectivity index (χ0n) is 14.7. The van der Waals surface area contributed by atoms with Crippen LogP contribution >= 0.6 is 0 Å². The molecule has 1 aromatic carbocycles. The van der Waals surface area contributed by atoms with Gasteiger partial charge >= 0.3 is 5.76 Å². The number of piperidine rings is 1. The number of fused-ring (bicyclic) bond motifs is 1. The monoisotopic (exact) mass is 348 g/mol. The molecule has 0 N–H and O–H groups in total. The third kappa shape index (κ3) is 3.93. The van der Waals surface area contributed by atoms with Gasteiger partial charge in [-0.1, -0.05) is 6.07 Å². The average molecular weight is 348 g/mol. The van der Waals surface area contributed by atoms with Crippen LogP contribution in [0.2, 0.25) is 0 Å². The van der Waals surface area contributed by atoms with Gasteiger partial charge in [0.2, 0.25) is 5.91 Å². The Hall–Kier alpha value is -2.12. The Morgan fingerprint density at radius 2 is 2.04 bits per heavy atom. The van der Waals surface area contributed by atoms with E-state index in [9.17, 15) is 9.59 Å². The summed E-state index contributed by atoms with van der Waals surface area (Å²) in [6, 6.07) is 5.83. The number of benzene rings is 1. The molecule has 1 amide bonds. The van der Waals surface area contributed by atoms with E-state index >= 15 is 0 Å². The van der Waals surface area contributed by atoms with Gasteiger partial charge in [0.1, 0.15) is 6.61 Å². The minimum Gasteiger partial charge on any atom is -0.408 e. The van der Waals surface area contributed by atoms with Crippen molar-refractivity contribution in [1.82, 2.24) is 9.47 Å². The Morgan fingerprint density at radius 3 is 2.76 bits per heavy atom. The van der Waals surface area contributed by atoms with Gasteiger partial charge in [-0.3, -0.25) is 9.36 Å². The molecule has 0 unspecified atom stereocenters. The number of carbonyl (C=O) groups is 1. The molecule has 1 fully saturated rings. The van der Waals surface area contributed by atoms with Crippen molar-refractivity contribution in [2.45, 2.75) is 25.8 Å². The molecule has 1 aliphatic rings. The van der Waals surface area contributed by atoms with E-state index in [0.717, 1.165) is 23.9 Å². The van der Waals surface area contributed by atoms with Crippen LogP contribution in [0.3, 0.4) is 0 Å². The Labute approximate surface area is 146 Å². The van der Waals surface area contributed by atoms with Crippen LogP contribution in [0.25, 0.3) is 11.1 Å². The minimum absolute atomic E-state index is 0.0189. The molecular weight excluding hydrogens is 324 g/mol. The van der Waals surface area contributed by atoms with Gasteiger partial charge in [-0.25, -0.2) is 4.79 Å². The first-order valence-corrected chi connectivity index (χ1v) is 8.56. The number of aryl methyl sites for hydroxylation is 1. The lowest BCUT2D eigenvalue weighted by Gasteiger charge is -2.32. The van der Waals surface area contributed by atoms with Crippen LogP contribution in [0.4, 0.5) is 0 Å². The van der Waals surface area contributed by atoms with Crippen LogP contribution in [-0.4, -0.2) is 55.4 Å². The van der Waals surface area contributed by atoms with Crippen molar-refractivity contribution in [3.05, 3.63) is 34.3 Å². The SMILES string of the molecule is COCCOCC(=O)N1CCC(n2c(=O)oc3cc(C)ccc32)CC1. The van der Waals surface area contributed by atoms with Gasteiger partial charge in [0.15, 0.2) is 5.58 Å². The number of aromatic nitrogens is 1. The van der Waals surface area contributed by atoms with Crippen molar-refractivity contribution >= 4 is 17.0 Å². The Kier molecular flexibility index (Phi) is 5.55. The lowest BCUT2D eigenvalue weighted by Crippen LogP contribution is -2.42. The molecular formula is C18H24N2O5. The van der Waals surface area contributed by atoms with E-state index in [2.05, 4.69) is 0 Å². The zero-order chi connectivity index (χ0) is 17.8. The number of likely N-dealkylation sites (tertiary alicyclic amines) is 1. The quantitative estimate of drug-likeness (QED) is 0.743. The molecule has 0 atom stereocenters. The van der Waals surface area contributed by atoms with Crippen LogP contribution in [0.15, 0.2) is 27.4 Å². The van der Waals surface area contributed by atoms with Gasteiger partial charge in [0.25, 0.3) is 0 Å². The first-order chi connectivity index (χ1) is 12.1. The van der Waals surface area contributed by atoms with Crippen LogP contribution in [0, 0.1) is 6.92 Å². The van der Waals surface area contributed by atoms with E-state index in [-0.39, 0.29) is 24.3 Å². The van der Waals surface area contributed by atoms with E-state index in [1.807, 2.05) is 25.1 Å². The molecule has 0 radical (unpaired) electrons. The lowest BCUT2D eigenvalue weighted by molar-refractivity contribution is -0.137. The Bertz CT molecular complexity index is 786. The number of oxazole rings is 1. The second-order valence-corrected chi connectivity index (χ2v) is 6.37. The van der Waals surface area contributed by atoms with Crippen LogP contribution in [-0.2, 0) is 14.3 Å². The third-order valence-corrected chi connectivity index (χ3v) is 4.61. The minimum atomic E-state index is -0.326. The fraction of sp³-hybridized carbons (Fsp3) is 0.556. The maximum atomic E-state index is 12.3. The molecule has 25 heavy (non-hydrogen) atoms. The Morgan fingerprint density at radius 1 is 1.28 bits per heavy atom. The first-order valence-electron chi connectivity index (χ1n) is 8.56. The van der Waals surface area contributed by atoms with Crippen molar-refractivity contribution in [1.29, 1.82) is 0 Å². The van der Waals surface area contributed by atoms with Gasteiger partial charge in [-0.2, -0.15) is 0 Å². The summed E-state index contributed by atoms with van der Waals surface area (Å²) >= 11 is 0. The van der Waals surface area contributed by atoms with Crippen molar-refractivity contribution in [3.8, 4) is 0 Å². The summed E-state index contributed by atoms with van der Waals surface area (Å²) in [4.78, 5) is 26.2. The average Bonchev–Trinajstić information content (AvgIpc) is 2.93. The molecule has 0 aliphatic carbocycles. The number of hydrogen-bond acceptors (Lipinski definition) is 5. The second-order valence-electron chi connectivity index (χ2n) is 6.37. The normalized spacial score (nSPS) is 15.8. The number of rotatable bonds is 6. The number of ether oxygens (including phenoxy) is 2. The molecule has 1 aliphatic heterocycles.